The minimum Gasteiger partial charge on any atom is -0.398 e. The van der Waals surface area contributed by atoms with Gasteiger partial charge in [-0.1, -0.05) is 12.6 Å². The van der Waals surface area contributed by atoms with Gasteiger partial charge in [0.05, 0.1) is 4.92 Å². The lowest BCUT2D eigenvalue weighted by Gasteiger charge is -2.09. The zero-order chi connectivity index (χ0) is 12.3. The summed E-state index contributed by atoms with van der Waals surface area (Å²) in [4.78, 5) is 9.52. The Bertz CT molecular complexity index is 428. The fourth-order valence-electron chi connectivity index (χ4n) is 0.981. The molecule has 1 rings (SSSR count). The van der Waals surface area contributed by atoms with Crippen LogP contribution in [0.2, 0.25) is 0 Å². The quantitative estimate of drug-likeness (QED) is 0.594. The first-order valence-electron chi connectivity index (χ1n) is 3.91. The van der Waals surface area contributed by atoms with Crippen molar-refractivity contribution < 1.29 is 22.8 Å². The number of alkyl halides is 3. The number of nitro groups is 1. The lowest BCUT2D eigenvalue weighted by atomic mass is 10.2. The number of rotatable bonds is 3. The number of nitrogens with zero attached hydrogens (tertiary/aromatic N) is 1. The topological polar surface area (TPSA) is 52.4 Å². The van der Waals surface area contributed by atoms with Crippen molar-refractivity contribution in [3.8, 4) is 5.75 Å². The highest BCUT2D eigenvalue weighted by Crippen LogP contribution is 2.32. The van der Waals surface area contributed by atoms with Crippen LogP contribution in [0, 0.1) is 16.2 Å². The first-order chi connectivity index (χ1) is 7.33. The van der Waals surface area contributed by atoms with E-state index in [1.165, 1.54) is 6.07 Å². The monoisotopic (exact) mass is 232 g/mol. The maximum Gasteiger partial charge on any atom is 0.573 e. The molecule has 0 N–H and O–H groups in total. The van der Waals surface area contributed by atoms with Gasteiger partial charge in [0.1, 0.15) is 0 Å². The molecule has 7 heteroatoms. The number of hydrogen-bond donors (Lipinski definition) is 0. The third-order valence-electron chi connectivity index (χ3n) is 1.59. The van der Waals surface area contributed by atoms with Gasteiger partial charge in [-0.3, -0.25) is 10.1 Å². The van der Waals surface area contributed by atoms with Crippen molar-refractivity contribution in [3.05, 3.63) is 46.5 Å². The molecule has 16 heavy (non-hydrogen) atoms. The Kier molecular flexibility index (Phi) is 3.17. The molecule has 0 amide bonds. The third kappa shape index (κ3) is 2.97. The van der Waals surface area contributed by atoms with Crippen LogP contribution in [0.3, 0.4) is 0 Å². The van der Waals surface area contributed by atoms with Gasteiger partial charge in [0, 0.05) is 6.07 Å². The fraction of sp³-hybridized carbons (Fsp3) is 0.111. The smallest absolute Gasteiger partial charge is 0.398 e. The Morgan fingerprint density at radius 2 is 2.06 bits per heavy atom. The van der Waals surface area contributed by atoms with Crippen LogP contribution in [-0.4, -0.2) is 11.3 Å². The number of nitro benzene ring substituents is 1. The predicted octanol–water partition coefficient (Wildman–Crippen LogP) is 2.83. The molecule has 0 aliphatic carbocycles. The molecule has 0 saturated carbocycles. The van der Waals surface area contributed by atoms with Crippen LogP contribution in [-0.2, 0) is 0 Å². The number of benzene rings is 1. The van der Waals surface area contributed by atoms with Gasteiger partial charge in [0.25, 0.3) is 0 Å². The molecule has 0 aromatic heterocycles. The Balaban J connectivity index is 3.18. The van der Waals surface area contributed by atoms with Gasteiger partial charge in [-0.25, -0.2) is 0 Å². The molecule has 0 unspecified atom stereocenters. The normalized spacial score (nSPS) is 10.9. The van der Waals surface area contributed by atoms with Crippen molar-refractivity contribution in [2.24, 2.45) is 0 Å². The maximum absolute atomic E-state index is 11.9. The van der Waals surface area contributed by atoms with Gasteiger partial charge < -0.3 is 4.74 Å². The van der Waals surface area contributed by atoms with Gasteiger partial charge in [-0.2, -0.15) is 0 Å². The summed E-state index contributed by atoms with van der Waals surface area (Å²) in [5.41, 5.74) is -0.577. The Morgan fingerprint density at radius 3 is 2.50 bits per heavy atom. The van der Waals surface area contributed by atoms with Gasteiger partial charge in [-0.05, 0) is 17.7 Å². The van der Waals surface area contributed by atoms with Crippen molar-refractivity contribution >= 4 is 5.69 Å². The molecule has 0 bridgehead atoms. The predicted molar refractivity (Wildman–Crippen MR) is 47.8 cm³/mol. The van der Waals surface area contributed by atoms with Gasteiger partial charge >= 0.3 is 12.0 Å². The van der Waals surface area contributed by atoms with E-state index >= 15 is 0 Å². The van der Waals surface area contributed by atoms with Crippen LogP contribution in [0.4, 0.5) is 18.9 Å². The van der Waals surface area contributed by atoms with E-state index in [0.717, 1.165) is 12.1 Å². The molecule has 1 aromatic rings. The Labute approximate surface area is 88.1 Å². The molecular formula is C9H5F3NO3. The molecule has 0 aliphatic heterocycles. The molecule has 4 nitrogen and oxygen atoms in total. The number of halogens is 3. The minimum atomic E-state index is -4.97. The second kappa shape index (κ2) is 4.21. The van der Waals surface area contributed by atoms with Gasteiger partial charge in [-0.15, -0.1) is 13.2 Å². The highest BCUT2D eigenvalue weighted by atomic mass is 19.4. The molecule has 0 spiro atoms. The second-order valence-electron chi connectivity index (χ2n) is 2.66. The summed E-state index contributed by atoms with van der Waals surface area (Å²) in [6.07, 6.45) is -2.65. The lowest BCUT2D eigenvalue weighted by molar-refractivity contribution is -0.388. The summed E-state index contributed by atoms with van der Waals surface area (Å²) in [5.74, 6) is -0.864. The van der Waals surface area contributed by atoms with Crippen LogP contribution in [0.1, 0.15) is 5.56 Å². The average molecular weight is 232 g/mol. The van der Waals surface area contributed by atoms with Crippen LogP contribution >= 0.6 is 0 Å². The van der Waals surface area contributed by atoms with Crippen molar-refractivity contribution in [1.82, 2.24) is 0 Å². The maximum atomic E-state index is 11.9. The highest BCUT2D eigenvalue weighted by molar-refractivity contribution is 5.49. The number of ether oxygens (including phenoxy) is 1. The van der Waals surface area contributed by atoms with Crippen LogP contribution in [0.25, 0.3) is 0 Å². The van der Waals surface area contributed by atoms with Crippen LogP contribution < -0.4 is 4.74 Å². The van der Waals surface area contributed by atoms with Crippen LogP contribution in [0.15, 0.2) is 24.8 Å². The average Bonchev–Trinajstić information content (AvgIpc) is 2.15. The van der Waals surface area contributed by atoms with E-state index in [1.807, 2.05) is 0 Å². The van der Waals surface area contributed by atoms with Crippen molar-refractivity contribution in [1.29, 1.82) is 0 Å². The molecule has 0 saturated heterocycles. The largest absolute Gasteiger partial charge is 0.573 e. The summed E-state index contributed by atoms with van der Waals surface area (Å²) in [5, 5.41) is 10.5. The van der Waals surface area contributed by atoms with Crippen molar-refractivity contribution in [2.45, 2.75) is 6.36 Å². The number of hydrogen-bond acceptors (Lipinski definition) is 3. The standard InChI is InChI=1S/C9H5F3NO3/c1-2-6-3-4-8(16-9(10,11)12)7(5-6)13(14)15/h3-5H,1H2. The molecular weight excluding hydrogens is 227 g/mol. The van der Waals surface area contributed by atoms with E-state index in [0.29, 0.717) is 0 Å². The lowest BCUT2D eigenvalue weighted by Crippen LogP contribution is -2.17. The molecule has 1 aromatic carbocycles. The highest BCUT2D eigenvalue weighted by Gasteiger charge is 2.34. The summed E-state index contributed by atoms with van der Waals surface area (Å²) in [6, 6.07) is 2.92. The van der Waals surface area contributed by atoms with E-state index < -0.39 is 22.7 Å². The summed E-state index contributed by atoms with van der Waals surface area (Å²) in [6.45, 7) is 3.22. The molecule has 0 fully saturated rings. The van der Waals surface area contributed by atoms with E-state index in [2.05, 4.69) is 17.4 Å². The van der Waals surface area contributed by atoms with Gasteiger partial charge in [0.2, 0.25) is 5.75 Å². The minimum absolute atomic E-state index is 0.209. The molecule has 0 heterocycles. The molecule has 85 valence electrons. The van der Waals surface area contributed by atoms with E-state index in [4.69, 9.17) is 0 Å². The second-order valence-corrected chi connectivity index (χ2v) is 2.66. The SMILES string of the molecule is C=[C]c1ccc(OC(F)(F)F)c([N+](=O)[O-])c1. The first-order valence-corrected chi connectivity index (χ1v) is 3.91. The first kappa shape index (κ1) is 12.0. The summed E-state index contributed by atoms with van der Waals surface area (Å²) < 4.78 is 39.2. The van der Waals surface area contributed by atoms with Crippen molar-refractivity contribution in [2.75, 3.05) is 0 Å². The Morgan fingerprint density at radius 1 is 1.44 bits per heavy atom. The fourth-order valence-corrected chi connectivity index (χ4v) is 0.981. The zero-order valence-electron chi connectivity index (χ0n) is 7.75. The van der Waals surface area contributed by atoms with Gasteiger partial charge in [0.15, 0.2) is 0 Å². The molecule has 1 radical (unpaired) electrons. The summed E-state index contributed by atoms with van der Waals surface area (Å²) >= 11 is 0. The van der Waals surface area contributed by atoms with Crippen molar-refractivity contribution in [3.63, 3.8) is 0 Å². The van der Waals surface area contributed by atoms with E-state index in [-0.39, 0.29) is 5.56 Å². The zero-order valence-corrected chi connectivity index (χ0v) is 7.75. The molecule has 0 aliphatic rings. The van der Waals surface area contributed by atoms with E-state index in [9.17, 15) is 23.3 Å². The van der Waals surface area contributed by atoms with E-state index in [1.54, 1.807) is 0 Å². The van der Waals surface area contributed by atoms with Crippen LogP contribution in [0.5, 0.6) is 5.75 Å². The summed E-state index contributed by atoms with van der Waals surface area (Å²) in [7, 11) is 0. The third-order valence-corrected chi connectivity index (χ3v) is 1.59. The Hall–Kier alpha value is -2.05. The molecule has 0 atom stereocenters.